The summed E-state index contributed by atoms with van der Waals surface area (Å²) in [5, 5.41) is 5.89. The molecule has 0 bridgehead atoms. The van der Waals surface area contributed by atoms with E-state index < -0.39 is 17.2 Å². The van der Waals surface area contributed by atoms with Crippen LogP contribution in [0.3, 0.4) is 0 Å². The summed E-state index contributed by atoms with van der Waals surface area (Å²) in [5.41, 5.74) is -0.697. The smallest absolute Gasteiger partial charge is 0.354 e. The number of rotatable bonds is 4. The van der Waals surface area contributed by atoms with Crippen LogP contribution in [0.1, 0.15) is 25.0 Å². The number of amides is 1. The monoisotopic (exact) mass is 368 g/mol. The summed E-state index contributed by atoms with van der Waals surface area (Å²) in [7, 11) is 0. The quantitative estimate of drug-likeness (QED) is 0.857. The van der Waals surface area contributed by atoms with E-state index in [0.29, 0.717) is 5.56 Å². The van der Waals surface area contributed by atoms with Gasteiger partial charge in [0, 0.05) is 23.6 Å². The van der Waals surface area contributed by atoms with Gasteiger partial charge in [-0.3, -0.25) is 10.1 Å². The van der Waals surface area contributed by atoms with Gasteiger partial charge in [-0.2, -0.15) is 13.2 Å². The van der Waals surface area contributed by atoms with Gasteiger partial charge in [-0.15, -0.1) is 24.2 Å². The van der Waals surface area contributed by atoms with E-state index in [4.69, 9.17) is 0 Å². The molecule has 0 aromatic heterocycles. The summed E-state index contributed by atoms with van der Waals surface area (Å²) in [6.45, 7) is 3.93. The molecule has 1 aromatic rings. The van der Waals surface area contributed by atoms with Crippen LogP contribution in [0.15, 0.2) is 24.3 Å². The Morgan fingerprint density at radius 2 is 2.00 bits per heavy atom. The third-order valence-electron chi connectivity index (χ3n) is 3.71. The van der Waals surface area contributed by atoms with E-state index in [0.717, 1.165) is 23.8 Å². The first-order chi connectivity index (χ1) is 10.2. The number of carbonyl (C=O) groups excluding carboxylic acids is 1. The van der Waals surface area contributed by atoms with Gasteiger partial charge in [0.1, 0.15) is 0 Å². The van der Waals surface area contributed by atoms with Gasteiger partial charge < -0.3 is 5.32 Å². The Labute approximate surface area is 144 Å². The van der Waals surface area contributed by atoms with Gasteiger partial charge in [0.2, 0.25) is 5.91 Å². The summed E-state index contributed by atoms with van der Waals surface area (Å²) >= 11 is 1.65. The van der Waals surface area contributed by atoms with E-state index in [-0.39, 0.29) is 30.9 Å². The molecule has 1 aliphatic rings. The van der Waals surface area contributed by atoms with E-state index in [1.165, 1.54) is 6.07 Å². The van der Waals surface area contributed by atoms with Crippen molar-refractivity contribution in [1.82, 2.24) is 10.6 Å². The Morgan fingerprint density at radius 3 is 2.57 bits per heavy atom. The number of benzene rings is 1. The number of hydrogen-bond acceptors (Lipinski definition) is 3. The highest BCUT2D eigenvalue weighted by Gasteiger charge is 2.32. The number of halogens is 4. The van der Waals surface area contributed by atoms with Gasteiger partial charge in [-0.25, -0.2) is 0 Å². The Morgan fingerprint density at radius 1 is 1.35 bits per heavy atom. The van der Waals surface area contributed by atoms with Crippen molar-refractivity contribution in [3.05, 3.63) is 35.4 Å². The Bertz CT molecular complexity index is 546. The summed E-state index contributed by atoms with van der Waals surface area (Å²) in [6, 6.07) is 5.04. The number of nitrogens with one attached hydrogen (secondary N) is 2. The minimum Gasteiger partial charge on any atom is -0.354 e. The summed E-state index contributed by atoms with van der Waals surface area (Å²) < 4.78 is 38.4. The van der Waals surface area contributed by atoms with Crippen molar-refractivity contribution in [3.63, 3.8) is 0 Å². The Hall–Kier alpha value is -0.920. The van der Waals surface area contributed by atoms with Crippen molar-refractivity contribution in [3.8, 4) is 0 Å². The highest BCUT2D eigenvalue weighted by Crippen LogP contribution is 2.32. The first-order valence-electron chi connectivity index (χ1n) is 6.97. The van der Waals surface area contributed by atoms with Gasteiger partial charge in [-0.05, 0) is 11.6 Å². The summed E-state index contributed by atoms with van der Waals surface area (Å²) in [5.74, 6) is 1.36. The number of hydrogen-bond donors (Lipinski definition) is 2. The fourth-order valence-corrected chi connectivity index (χ4v) is 3.16. The highest BCUT2D eigenvalue weighted by atomic mass is 35.5. The molecule has 2 rings (SSSR count). The highest BCUT2D eigenvalue weighted by molar-refractivity contribution is 7.99. The molecule has 23 heavy (non-hydrogen) atoms. The second-order valence-electron chi connectivity index (χ2n) is 5.95. The number of thioether (sulfide) groups is 1. The molecule has 0 aliphatic carbocycles. The van der Waals surface area contributed by atoms with Crippen LogP contribution in [-0.2, 0) is 16.4 Å². The van der Waals surface area contributed by atoms with Crippen LogP contribution < -0.4 is 10.6 Å². The molecule has 0 radical (unpaired) electrons. The van der Waals surface area contributed by atoms with Crippen molar-refractivity contribution in [1.29, 1.82) is 0 Å². The topological polar surface area (TPSA) is 41.1 Å². The van der Waals surface area contributed by atoms with Crippen LogP contribution in [0.5, 0.6) is 0 Å². The van der Waals surface area contributed by atoms with Crippen LogP contribution in [-0.4, -0.2) is 30.1 Å². The van der Waals surface area contributed by atoms with Crippen LogP contribution in [0.2, 0.25) is 0 Å². The number of carbonyl (C=O) groups is 1. The molecule has 1 fully saturated rings. The summed E-state index contributed by atoms with van der Waals surface area (Å²) in [6.07, 6.45) is -4.36. The van der Waals surface area contributed by atoms with Crippen LogP contribution in [0, 0.1) is 0 Å². The molecule has 0 saturated carbocycles. The molecular formula is C15H20ClF3N2OS. The molecule has 3 nitrogen and oxygen atoms in total. The van der Waals surface area contributed by atoms with Crippen molar-refractivity contribution in [2.45, 2.75) is 31.5 Å². The molecular weight excluding hydrogens is 349 g/mol. The van der Waals surface area contributed by atoms with Gasteiger partial charge in [0.15, 0.2) is 0 Å². The molecule has 1 saturated heterocycles. The van der Waals surface area contributed by atoms with Crippen molar-refractivity contribution in [2.75, 3.05) is 18.2 Å². The van der Waals surface area contributed by atoms with Gasteiger partial charge >= 0.3 is 6.18 Å². The first-order valence-corrected chi connectivity index (χ1v) is 8.12. The van der Waals surface area contributed by atoms with E-state index in [2.05, 4.69) is 10.6 Å². The normalized spacial score (nSPS) is 18.4. The molecule has 1 atom stereocenters. The van der Waals surface area contributed by atoms with E-state index >= 15 is 0 Å². The maximum atomic E-state index is 12.8. The lowest BCUT2D eigenvalue weighted by Gasteiger charge is -2.27. The fraction of sp³-hybridized carbons (Fsp3) is 0.533. The second-order valence-corrected chi connectivity index (χ2v) is 6.98. The van der Waals surface area contributed by atoms with Gasteiger partial charge in [-0.1, -0.05) is 32.0 Å². The van der Waals surface area contributed by atoms with Crippen LogP contribution in [0.4, 0.5) is 13.2 Å². The molecule has 1 aromatic carbocycles. The standard InChI is InChI=1S/C15H19F3N2OS.ClH/c1-14(2,8-19-13(21)12-7-22-9-20-12)10-4-3-5-11(6-10)15(16,17)18;/h3-6,12,20H,7-9H2,1-2H3,(H,19,21);1H. The maximum absolute atomic E-state index is 12.8. The predicted octanol–water partition coefficient (Wildman–Crippen LogP) is 3.18. The lowest BCUT2D eigenvalue weighted by atomic mass is 9.83. The lowest BCUT2D eigenvalue weighted by Crippen LogP contribution is -2.46. The van der Waals surface area contributed by atoms with Crippen molar-refractivity contribution < 1.29 is 18.0 Å². The van der Waals surface area contributed by atoms with E-state index in [1.807, 2.05) is 13.8 Å². The average Bonchev–Trinajstić information content (AvgIpc) is 2.98. The average molecular weight is 369 g/mol. The molecule has 0 spiro atoms. The molecule has 130 valence electrons. The van der Waals surface area contributed by atoms with Crippen molar-refractivity contribution in [2.24, 2.45) is 0 Å². The third kappa shape index (κ3) is 5.29. The molecule has 1 aliphatic heterocycles. The number of alkyl halides is 3. The van der Waals surface area contributed by atoms with E-state index in [1.54, 1.807) is 17.8 Å². The molecule has 8 heteroatoms. The van der Waals surface area contributed by atoms with Gasteiger partial charge in [0.25, 0.3) is 0 Å². The lowest BCUT2D eigenvalue weighted by molar-refractivity contribution is -0.137. The third-order valence-corrected chi connectivity index (χ3v) is 4.65. The first kappa shape index (κ1) is 20.1. The Balaban J connectivity index is 0.00000264. The zero-order valence-corrected chi connectivity index (χ0v) is 14.5. The fourth-order valence-electron chi connectivity index (χ4n) is 2.21. The molecule has 1 unspecified atom stereocenters. The predicted molar refractivity (Wildman–Crippen MR) is 89.0 cm³/mol. The minimum absolute atomic E-state index is 0. The zero-order valence-electron chi connectivity index (χ0n) is 12.9. The minimum atomic E-state index is -4.36. The SMILES string of the molecule is CC(C)(CNC(=O)C1CSCN1)c1cccc(C(F)(F)F)c1.Cl. The van der Waals surface area contributed by atoms with Gasteiger partial charge in [0.05, 0.1) is 11.6 Å². The second kappa shape index (κ2) is 7.77. The zero-order chi connectivity index (χ0) is 16.4. The Kier molecular flexibility index (Phi) is 6.80. The van der Waals surface area contributed by atoms with Crippen LogP contribution >= 0.6 is 24.2 Å². The summed E-state index contributed by atoms with van der Waals surface area (Å²) in [4.78, 5) is 12.0. The van der Waals surface area contributed by atoms with Crippen molar-refractivity contribution >= 4 is 30.1 Å². The molecule has 1 amide bonds. The molecule has 1 heterocycles. The van der Waals surface area contributed by atoms with Crippen LogP contribution in [0.25, 0.3) is 0 Å². The largest absolute Gasteiger partial charge is 0.416 e. The van der Waals surface area contributed by atoms with E-state index in [9.17, 15) is 18.0 Å². The molecule has 2 N–H and O–H groups in total. The maximum Gasteiger partial charge on any atom is 0.416 e.